The minimum absolute atomic E-state index is 0.0418. The normalized spacial score (nSPS) is 25.2. The zero-order valence-corrected chi connectivity index (χ0v) is 10.8. The molecule has 18 heavy (non-hydrogen) atoms. The minimum Gasteiger partial charge on any atom is -0.377 e. The van der Waals surface area contributed by atoms with E-state index in [0.717, 1.165) is 0 Å². The Labute approximate surface area is 104 Å². The Balaban J connectivity index is 2.74. The maximum Gasteiger partial charge on any atom is 0.404 e. The van der Waals surface area contributed by atoms with Crippen LogP contribution >= 0.6 is 0 Å². The molecule has 0 aliphatic carbocycles. The van der Waals surface area contributed by atoms with Gasteiger partial charge in [0.1, 0.15) is 0 Å². The van der Waals surface area contributed by atoms with Crippen LogP contribution < -0.4 is 10.6 Å². The Morgan fingerprint density at radius 2 is 2.06 bits per heavy atom. The molecule has 1 aliphatic rings. The predicted octanol–water partition coefficient (Wildman–Crippen LogP) is 1.07. The Bertz CT molecular complexity index is 310. The average Bonchev–Trinajstić information content (AvgIpc) is 2.75. The SMILES string of the molecule is COC(C)(C)CNC(=O)C1(C(F)(F)F)CCNC1. The topological polar surface area (TPSA) is 50.4 Å². The molecule has 0 aromatic heterocycles. The summed E-state index contributed by atoms with van der Waals surface area (Å²) in [5, 5.41) is 4.94. The van der Waals surface area contributed by atoms with Gasteiger partial charge in [0, 0.05) is 20.2 Å². The summed E-state index contributed by atoms with van der Waals surface area (Å²) in [4.78, 5) is 11.8. The number of alkyl halides is 3. The highest BCUT2D eigenvalue weighted by Crippen LogP contribution is 2.43. The van der Waals surface area contributed by atoms with Crippen LogP contribution in [0.15, 0.2) is 0 Å². The molecule has 0 radical (unpaired) electrons. The van der Waals surface area contributed by atoms with Gasteiger partial charge in [-0.3, -0.25) is 4.79 Å². The quantitative estimate of drug-likeness (QED) is 0.802. The van der Waals surface area contributed by atoms with E-state index in [1.54, 1.807) is 13.8 Å². The monoisotopic (exact) mass is 268 g/mol. The van der Waals surface area contributed by atoms with Crippen molar-refractivity contribution < 1.29 is 22.7 Å². The van der Waals surface area contributed by atoms with Gasteiger partial charge in [0.25, 0.3) is 0 Å². The summed E-state index contributed by atoms with van der Waals surface area (Å²) < 4.78 is 44.2. The predicted molar refractivity (Wildman–Crippen MR) is 60.1 cm³/mol. The minimum atomic E-state index is -4.54. The third kappa shape index (κ3) is 2.95. The standard InChI is InChI=1S/C11H19F3N2O2/c1-9(2,18-3)6-16-8(17)10(11(12,13)14)4-5-15-7-10/h15H,4-7H2,1-3H3,(H,16,17). The van der Waals surface area contributed by atoms with E-state index in [4.69, 9.17) is 4.74 Å². The fourth-order valence-corrected chi connectivity index (χ4v) is 1.79. The van der Waals surface area contributed by atoms with Gasteiger partial charge in [-0.2, -0.15) is 13.2 Å². The second-order valence-corrected chi connectivity index (χ2v) is 5.15. The van der Waals surface area contributed by atoms with Gasteiger partial charge in [0.15, 0.2) is 5.41 Å². The van der Waals surface area contributed by atoms with Crippen LogP contribution in [-0.2, 0) is 9.53 Å². The van der Waals surface area contributed by atoms with Crippen molar-refractivity contribution in [1.29, 1.82) is 0 Å². The molecule has 1 amide bonds. The van der Waals surface area contributed by atoms with Crippen molar-refractivity contribution in [3.63, 3.8) is 0 Å². The number of nitrogens with one attached hydrogen (secondary N) is 2. The summed E-state index contributed by atoms with van der Waals surface area (Å²) in [5.41, 5.74) is -2.99. The number of hydrogen-bond acceptors (Lipinski definition) is 3. The van der Waals surface area contributed by atoms with Gasteiger partial charge < -0.3 is 15.4 Å². The third-order valence-electron chi connectivity index (χ3n) is 3.36. The van der Waals surface area contributed by atoms with Crippen molar-refractivity contribution >= 4 is 5.91 Å². The van der Waals surface area contributed by atoms with E-state index in [9.17, 15) is 18.0 Å². The molecule has 7 heteroatoms. The summed E-state index contributed by atoms with van der Waals surface area (Å²) in [6.45, 7) is 3.26. The molecule has 1 saturated heterocycles. The smallest absolute Gasteiger partial charge is 0.377 e. The van der Waals surface area contributed by atoms with Crippen LogP contribution in [0.5, 0.6) is 0 Å². The van der Waals surface area contributed by atoms with Gasteiger partial charge in [-0.1, -0.05) is 0 Å². The lowest BCUT2D eigenvalue weighted by atomic mass is 9.85. The van der Waals surface area contributed by atoms with Crippen LogP contribution in [0.3, 0.4) is 0 Å². The second-order valence-electron chi connectivity index (χ2n) is 5.15. The van der Waals surface area contributed by atoms with Gasteiger partial charge in [0.05, 0.1) is 5.60 Å². The lowest BCUT2D eigenvalue weighted by molar-refractivity contribution is -0.216. The fraction of sp³-hybridized carbons (Fsp3) is 0.909. The Morgan fingerprint density at radius 3 is 2.44 bits per heavy atom. The molecule has 1 fully saturated rings. The zero-order chi connectivity index (χ0) is 14.0. The number of halogens is 3. The number of amides is 1. The number of carbonyl (C=O) groups excluding carboxylic acids is 1. The molecule has 0 aromatic rings. The van der Waals surface area contributed by atoms with Gasteiger partial charge in [-0.15, -0.1) is 0 Å². The molecule has 0 spiro atoms. The number of carbonyl (C=O) groups is 1. The van der Waals surface area contributed by atoms with Gasteiger partial charge in [0.2, 0.25) is 5.91 Å². The summed E-state index contributed by atoms with van der Waals surface area (Å²) in [6.07, 6.45) is -4.77. The first-order valence-corrected chi connectivity index (χ1v) is 5.75. The highest BCUT2D eigenvalue weighted by atomic mass is 19.4. The first kappa shape index (κ1) is 15.2. The molecule has 1 unspecified atom stereocenters. The van der Waals surface area contributed by atoms with E-state index in [-0.39, 0.29) is 26.1 Å². The first-order chi connectivity index (χ1) is 8.15. The van der Waals surface area contributed by atoms with E-state index in [0.29, 0.717) is 0 Å². The maximum atomic E-state index is 13.0. The van der Waals surface area contributed by atoms with Crippen LogP contribution in [0.1, 0.15) is 20.3 Å². The highest BCUT2D eigenvalue weighted by molar-refractivity contribution is 5.84. The summed E-state index contributed by atoms with van der Waals surface area (Å²) in [7, 11) is 1.45. The van der Waals surface area contributed by atoms with Crippen LogP contribution in [0.4, 0.5) is 13.2 Å². The fourth-order valence-electron chi connectivity index (χ4n) is 1.79. The van der Waals surface area contributed by atoms with Crippen LogP contribution in [0, 0.1) is 5.41 Å². The van der Waals surface area contributed by atoms with Crippen LogP contribution in [-0.4, -0.2) is 44.4 Å². The molecule has 1 aliphatic heterocycles. The number of ether oxygens (including phenoxy) is 1. The second kappa shape index (κ2) is 5.05. The average molecular weight is 268 g/mol. The van der Waals surface area contributed by atoms with Crippen LogP contribution in [0.2, 0.25) is 0 Å². The molecule has 1 atom stereocenters. The van der Waals surface area contributed by atoms with Gasteiger partial charge in [-0.05, 0) is 26.8 Å². The Morgan fingerprint density at radius 1 is 1.44 bits per heavy atom. The highest BCUT2D eigenvalue weighted by Gasteiger charge is 2.61. The van der Waals surface area contributed by atoms with E-state index in [1.807, 2.05) is 0 Å². The maximum absolute atomic E-state index is 13.0. The summed E-state index contributed by atoms with van der Waals surface area (Å²) in [5.74, 6) is -0.981. The molecule has 106 valence electrons. The van der Waals surface area contributed by atoms with Crippen molar-refractivity contribution in [2.24, 2.45) is 5.41 Å². The molecule has 0 aromatic carbocycles. The molecule has 0 bridgehead atoms. The number of hydrogen-bond donors (Lipinski definition) is 2. The molecule has 1 rings (SSSR count). The number of rotatable bonds is 4. The Hall–Kier alpha value is -0.820. The summed E-state index contributed by atoms with van der Waals surface area (Å²) >= 11 is 0. The molecule has 4 nitrogen and oxygen atoms in total. The third-order valence-corrected chi connectivity index (χ3v) is 3.36. The van der Waals surface area contributed by atoms with Gasteiger partial charge in [-0.25, -0.2) is 0 Å². The van der Waals surface area contributed by atoms with Crippen LogP contribution in [0.25, 0.3) is 0 Å². The zero-order valence-electron chi connectivity index (χ0n) is 10.8. The number of methoxy groups -OCH3 is 1. The molecular formula is C11H19F3N2O2. The lowest BCUT2D eigenvalue weighted by Crippen LogP contribution is -2.54. The van der Waals surface area contributed by atoms with Crippen molar-refractivity contribution in [1.82, 2.24) is 10.6 Å². The Kier molecular flexibility index (Phi) is 4.27. The largest absolute Gasteiger partial charge is 0.404 e. The van der Waals surface area contributed by atoms with E-state index in [2.05, 4.69) is 10.6 Å². The van der Waals surface area contributed by atoms with Crippen molar-refractivity contribution in [2.45, 2.75) is 32.0 Å². The van der Waals surface area contributed by atoms with Crippen molar-refractivity contribution in [2.75, 3.05) is 26.7 Å². The van der Waals surface area contributed by atoms with Crippen molar-refractivity contribution in [3.8, 4) is 0 Å². The summed E-state index contributed by atoms with van der Waals surface area (Å²) in [6, 6.07) is 0. The van der Waals surface area contributed by atoms with E-state index < -0.39 is 23.1 Å². The van der Waals surface area contributed by atoms with E-state index in [1.165, 1.54) is 7.11 Å². The first-order valence-electron chi connectivity index (χ1n) is 5.75. The van der Waals surface area contributed by atoms with E-state index >= 15 is 0 Å². The molecular weight excluding hydrogens is 249 g/mol. The van der Waals surface area contributed by atoms with Gasteiger partial charge >= 0.3 is 6.18 Å². The molecule has 0 saturated carbocycles. The lowest BCUT2D eigenvalue weighted by Gasteiger charge is -2.31. The van der Waals surface area contributed by atoms with Crippen molar-refractivity contribution in [3.05, 3.63) is 0 Å². The molecule has 1 heterocycles. The molecule has 2 N–H and O–H groups in total.